The molecule has 1 saturated heterocycles. The highest BCUT2D eigenvalue weighted by molar-refractivity contribution is 7.89. The van der Waals surface area contributed by atoms with E-state index in [-0.39, 0.29) is 22.7 Å². The third-order valence-electron chi connectivity index (χ3n) is 4.77. The molecule has 0 bridgehead atoms. The predicted octanol–water partition coefficient (Wildman–Crippen LogP) is 2.13. The third kappa shape index (κ3) is 4.87. The number of ether oxygens (including phenoxy) is 1. The van der Waals surface area contributed by atoms with E-state index < -0.39 is 10.0 Å². The molecule has 1 amide bonds. The van der Waals surface area contributed by atoms with Gasteiger partial charge in [-0.15, -0.1) is 0 Å². The van der Waals surface area contributed by atoms with Crippen molar-refractivity contribution in [2.45, 2.75) is 38.5 Å². The molecule has 0 spiro atoms. The number of hydrogen-bond acceptors (Lipinski definition) is 5. The molecule has 1 aliphatic rings. The molecular formula is C19H28N2O5S. The van der Waals surface area contributed by atoms with E-state index in [1.807, 2.05) is 0 Å². The highest BCUT2D eigenvalue weighted by Gasteiger charge is 2.30. The second-order valence-corrected chi connectivity index (χ2v) is 8.39. The summed E-state index contributed by atoms with van der Waals surface area (Å²) in [7, 11) is -3.55. The van der Waals surface area contributed by atoms with Crippen molar-refractivity contribution in [3.05, 3.63) is 29.8 Å². The number of piperidine rings is 1. The van der Waals surface area contributed by atoms with Crippen LogP contribution in [0.1, 0.15) is 44.0 Å². The summed E-state index contributed by atoms with van der Waals surface area (Å²) in [5.41, 5.74) is 0.415. The highest BCUT2D eigenvalue weighted by Crippen LogP contribution is 2.21. The molecule has 0 radical (unpaired) electrons. The molecule has 0 aromatic heterocycles. The van der Waals surface area contributed by atoms with Crippen molar-refractivity contribution in [1.82, 2.24) is 9.21 Å². The molecule has 0 aliphatic carbocycles. The number of sulfonamides is 1. The Balaban J connectivity index is 2.12. The first kappa shape index (κ1) is 21.4. The topological polar surface area (TPSA) is 84.0 Å². The molecule has 27 heavy (non-hydrogen) atoms. The van der Waals surface area contributed by atoms with Crippen LogP contribution in [-0.4, -0.2) is 62.3 Å². The predicted molar refractivity (Wildman–Crippen MR) is 102 cm³/mol. The van der Waals surface area contributed by atoms with Crippen molar-refractivity contribution in [2.75, 3.05) is 32.8 Å². The molecule has 1 atom stereocenters. The molecule has 1 fully saturated rings. The average molecular weight is 397 g/mol. The summed E-state index contributed by atoms with van der Waals surface area (Å²) < 4.78 is 31.5. The summed E-state index contributed by atoms with van der Waals surface area (Å²) in [5, 5.41) is 0. The Morgan fingerprint density at radius 3 is 2.33 bits per heavy atom. The lowest BCUT2D eigenvalue weighted by atomic mass is 9.97. The van der Waals surface area contributed by atoms with Gasteiger partial charge in [-0.25, -0.2) is 8.42 Å². The molecular weight excluding hydrogens is 368 g/mol. The SMILES string of the molecule is CCOC(=O)[C@@H]1CCCN(C(=O)c2ccc(S(=O)(=O)N(CC)CC)cc2)C1. The smallest absolute Gasteiger partial charge is 0.310 e. The van der Waals surface area contributed by atoms with Crippen LogP contribution < -0.4 is 0 Å². The summed E-state index contributed by atoms with van der Waals surface area (Å²) in [5.74, 6) is -0.767. The molecule has 2 rings (SSSR count). The van der Waals surface area contributed by atoms with Gasteiger partial charge in [-0.1, -0.05) is 13.8 Å². The Kier molecular flexibility index (Phi) is 7.38. The largest absolute Gasteiger partial charge is 0.466 e. The van der Waals surface area contributed by atoms with E-state index in [1.165, 1.54) is 28.6 Å². The zero-order valence-electron chi connectivity index (χ0n) is 16.2. The first-order valence-electron chi connectivity index (χ1n) is 9.41. The summed E-state index contributed by atoms with van der Waals surface area (Å²) in [6.07, 6.45) is 1.45. The summed E-state index contributed by atoms with van der Waals surface area (Å²) in [6, 6.07) is 6.00. The fourth-order valence-electron chi connectivity index (χ4n) is 3.28. The van der Waals surface area contributed by atoms with Gasteiger partial charge in [0, 0.05) is 31.7 Å². The Morgan fingerprint density at radius 2 is 1.78 bits per heavy atom. The maximum atomic E-state index is 12.7. The van der Waals surface area contributed by atoms with Gasteiger partial charge in [-0.2, -0.15) is 4.31 Å². The van der Waals surface area contributed by atoms with Crippen LogP contribution in [0.4, 0.5) is 0 Å². The van der Waals surface area contributed by atoms with E-state index in [0.717, 1.165) is 6.42 Å². The fourth-order valence-corrected chi connectivity index (χ4v) is 4.74. The number of benzene rings is 1. The zero-order chi connectivity index (χ0) is 20.0. The maximum absolute atomic E-state index is 12.7. The minimum Gasteiger partial charge on any atom is -0.466 e. The number of carbonyl (C=O) groups is 2. The second-order valence-electron chi connectivity index (χ2n) is 6.46. The molecule has 1 aromatic carbocycles. The number of likely N-dealkylation sites (tertiary alicyclic amines) is 1. The normalized spacial score (nSPS) is 17.8. The van der Waals surface area contributed by atoms with Crippen LogP contribution in [0, 0.1) is 5.92 Å². The molecule has 7 nitrogen and oxygen atoms in total. The molecule has 1 heterocycles. The molecule has 0 saturated carbocycles. The van der Waals surface area contributed by atoms with E-state index in [2.05, 4.69) is 0 Å². The van der Waals surface area contributed by atoms with E-state index in [0.29, 0.717) is 44.8 Å². The van der Waals surface area contributed by atoms with Crippen LogP contribution in [0.3, 0.4) is 0 Å². The van der Waals surface area contributed by atoms with Crippen molar-refractivity contribution in [3.8, 4) is 0 Å². The van der Waals surface area contributed by atoms with Gasteiger partial charge in [0.2, 0.25) is 10.0 Å². The number of rotatable bonds is 7. The lowest BCUT2D eigenvalue weighted by Gasteiger charge is -2.31. The van der Waals surface area contributed by atoms with E-state index in [1.54, 1.807) is 25.7 Å². The molecule has 1 aliphatic heterocycles. The van der Waals surface area contributed by atoms with E-state index in [4.69, 9.17) is 4.74 Å². The summed E-state index contributed by atoms with van der Waals surface area (Å²) >= 11 is 0. The summed E-state index contributed by atoms with van der Waals surface area (Å²) in [4.78, 5) is 26.5. The number of esters is 1. The van der Waals surface area contributed by atoms with Crippen molar-refractivity contribution in [2.24, 2.45) is 5.92 Å². The number of hydrogen-bond donors (Lipinski definition) is 0. The van der Waals surface area contributed by atoms with Crippen molar-refractivity contribution in [1.29, 1.82) is 0 Å². The van der Waals surface area contributed by atoms with Crippen molar-refractivity contribution < 1.29 is 22.7 Å². The minimum atomic E-state index is -3.55. The third-order valence-corrected chi connectivity index (χ3v) is 6.84. The van der Waals surface area contributed by atoms with E-state index >= 15 is 0 Å². The number of carbonyl (C=O) groups excluding carboxylic acids is 2. The Labute approximate surface area is 161 Å². The van der Waals surface area contributed by atoms with Crippen molar-refractivity contribution >= 4 is 21.9 Å². The van der Waals surface area contributed by atoms with Crippen LogP contribution >= 0.6 is 0 Å². The molecule has 8 heteroatoms. The second kappa shape index (κ2) is 9.32. The minimum absolute atomic E-state index is 0.172. The number of amides is 1. The van der Waals surface area contributed by atoms with Crippen molar-refractivity contribution in [3.63, 3.8) is 0 Å². The van der Waals surface area contributed by atoms with Gasteiger partial charge in [0.25, 0.3) is 5.91 Å². The lowest BCUT2D eigenvalue weighted by molar-refractivity contribution is -0.149. The van der Waals surface area contributed by atoms with Crippen LogP contribution in [0.15, 0.2) is 29.2 Å². The van der Waals surface area contributed by atoms with Gasteiger partial charge in [-0.3, -0.25) is 9.59 Å². The Morgan fingerprint density at radius 1 is 1.15 bits per heavy atom. The van der Waals surface area contributed by atoms with Gasteiger partial charge in [0.15, 0.2) is 0 Å². The standard InChI is InChI=1S/C19H28N2O5S/c1-4-21(5-2)27(24,25)17-11-9-15(10-12-17)18(22)20-13-7-8-16(14-20)19(23)26-6-3/h9-12,16H,4-8,13-14H2,1-3H3/t16-/m1/s1. The maximum Gasteiger partial charge on any atom is 0.310 e. The van der Waals surface area contributed by atoms with Gasteiger partial charge in [0.05, 0.1) is 17.4 Å². The van der Waals surface area contributed by atoms with E-state index in [9.17, 15) is 18.0 Å². The van der Waals surface area contributed by atoms with Crippen LogP contribution in [0.25, 0.3) is 0 Å². The van der Waals surface area contributed by atoms with Gasteiger partial charge >= 0.3 is 5.97 Å². The Bertz CT molecular complexity index is 757. The summed E-state index contributed by atoms with van der Waals surface area (Å²) in [6.45, 7) is 7.35. The van der Waals surface area contributed by atoms with Gasteiger partial charge in [0.1, 0.15) is 0 Å². The lowest BCUT2D eigenvalue weighted by Crippen LogP contribution is -2.42. The molecule has 1 aromatic rings. The first-order valence-corrected chi connectivity index (χ1v) is 10.8. The molecule has 0 unspecified atom stereocenters. The highest BCUT2D eigenvalue weighted by atomic mass is 32.2. The van der Waals surface area contributed by atoms with Gasteiger partial charge < -0.3 is 9.64 Å². The monoisotopic (exact) mass is 396 g/mol. The first-order chi connectivity index (χ1) is 12.8. The van der Waals surface area contributed by atoms with Crippen LogP contribution in [-0.2, 0) is 19.6 Å². The molecule has 0 N–H and O–H groups in total. The zero-order valence-corrected chi connectivity index (χ0v) is 17.0. The number of nitrogens with zero attached hydrogens (tertiary/aromatic N) is 2. The quantitative estimate of drug-likeness (QED) is 0.659. The van der Waals surface area contributed by atoms with Gasteiger partial charge in [-0.05, 0) is 44.0 Å². The van der Waals surface area contributed by atoms with Crippen LogP contribution in [0.5, 0.6) is 0 Å². The molecule has 150 valence electrons. The average Bonchev–Trinajstić information content (AvgIpc) is 2.68. The fraction of sp³-hybridized carbons (Fsp3) is 0.579. The Hall–Kier alpha value is -1.93. The van der Waals surface area contributed by atoms with Crippen LogP contribution in [0.2, 0.25) is 0 Å².